The van der Waals surface area contributed by atoms with Crippen molar-refractivity contribution in [3.63, 3.8) is 0 Å². The number of fused-ring (bicyclic) bond motifs is 1. The first-order valence-electron chi connectivity index (χ1n) is 9.13. The third-order valence-electron chi connectivity index (χ3n) is 4.24. The first-order valence-corrected chi connectivity index (χ1v) is 11.6. The highest BCUT2D eigenvalue weighted by Gasteiger charge is 2.16. The van der Waals surface area contributed by atoms with E-state index in [1.165, 1.54) is 53.7 Å². The number of carbonyl (C=O) groups is 1. The molecule has 0 fully saturated rings. The molecule has 158 valence electrons. The van der Waals surface area contributed by atoms with E-state index in [2.05, 4.69) is 35.8 Å². The Labute approximate surface area is 193 Å². The summed E-state index contributed by atoms with van der Waals surface area (Å²) in [6.45, 7) is 0. The molecule has 0 aliphatic heterocycles. The molecule has 0 saturated heterocycles. The number of aromatic nitrogens is 5. The van der Waals surface area contributed by atoms with Crippen LogP contribution in [0.4, 0.5) is 20.0 Å². The molecular formula is C20H12FN7OS3. The number of rotatable bonds is 5. The Morgan fingerprint density at radius 3 is 2.62 bits per heavy atom. The highest BCUT2D eigenvalue weighted by molar-refractivity contribution is 8.01. The molecule has 0 spiro atoms. The maximum atomic E-state index is 13.0. The van der Waals surface area contributed by atoms with Crippen molar-refractivity contribution < 1.29 is 9.18 Å². The molecule has 1 aromatic carbocycles. The highest BCUT2D eigenvalue weighted by atomic mass is 32.2. The van der Waals surface area contributed by atoms with E-state index in [1.54, 1.807) is 23.7 Å². The average molecular weight is 482 g/mol. The van der Waals surface area contributed by atoms with E-state index < -0.39 is 6.03 Å². The molecule has 0 aliphatic rings. The van der Waals surface area contributed by atoms with Crippen molar-refractivity contribution in [3.8, 4) is 11.1 Å². The molecule has 0 aliphatic carbocycles. The van der Waals surface area contributed by atoms with Crippen molar-refractivity contribution in [2.45, 2.75) is 9.37 Å². The minimum atomic E-state index is -0.494. The molecular weight excluding hydrogens is 469 g/mol. The van der Waals surface area contributed by atoms with Gasteiger partial charge in [-0.15, -0.1) is 21.5 Å². The second kappa shape index (κ2) is 8.94. The van der Waals surface area contributed by atoms with Crippen LogP contribution >= 0.6 is 34.4 Å². The van der Waals surface area contributed by atoms with Gasteiger partial charge >= 0.3 is 6.03 Å². The fraction of sp³-hybridized carbons (Fsp3) is 0. The molecule has 0 radical (unpaired) electrons. The van der Waals surface area contributed by atoms with Crippen LogP contribution in [0.1, 0.15) is 0 Å². The Balaban J connectivity index is 1.34. The summed E-state index contributed by atoms with van der Waals surface area (Å²) in [5, 5.41) is 17.5. The fourth-order valence-electron chi connectivity index (χ4n) is 2.85. The van der Waals surface area contributed by atoms with Crippen LogP contribution in [0, 0.1) is 5.82 Å². The first kappa shape index (κ1) is 20.4. The van der Waals surface area contributed by atoms with Crippen molar-refractivity contribution in [1.82, 2.24) is 25.1 Å². The summed E-state index contributed by atoms with van der Waals surface area (Å²) < 4.78 is 13.6. The second-order valence-corrected chi connectivity index (χ2v) is 9.38. The smallest absolute Gasteiger partial charge is 0.308 e. The molecule has 0 unspecified atom stereocenters. The Kier molecular flexibility index (Phi) is 5.71. The predicted molar refractivity (Wildman–Crippen MR) is 124 cm³/mol. The molecule has 32 heavy (non-hydrogen) atoms. The van der Waals surface area contributed by atoms with E-state index in [0.717, 1.165) is 26.4 Å². The number of amides is 2. The Bertz CT molecular complexity index is 1390. The predicted octanol–water partition coefficient (Wildman–Crippen LogP) is 5.54. The molecule has 0 saturated carbocycles. The van der Waals surface area contributed by atoms with Gasteiger partial charge in [0.25, 0.3) is 0 Å². The molecule has 5 rings (SSSR count). The van der Waals surface area contributed by atoms with Gasteiger partial charge in [-0.2, -0.15) is 0 Å². The number of nitrogens with one attached hydrogen (secondary N) is 2. The number of anilines is 2. The van der Waals surface area contributed by atoms with Gasteiger partial charge in [0.05, 0.1) is 5.39 Å². The van der Waals surface area contributed by atoms with Gasteiger partial charge in [0.15, 0.2) is 4.34 Å². The molecule has 4 heterocycles. The zero-order chi connectivity index (χ0) is 21.9. The first-order chi connectivity index (χ1) is 15.7. The van der Waals surface area contributed by atoms with Crippen molar-refractivity contribution in [2.24, 2.45) is 0 Å². The second-order valence-electron chi connectivity index (χ2n) is 6.31. The lowest BCUT2D eigenvalue weighted by Crippen LogP contribution is -2.19. The van der Waals surface area contributed by atoms with Gasteiger partial charge in [0.1, 0.15) is 22.0 Å². The van der Waals surface area contributed by atoms with Crippen LogP contribution in [-0.2, 0) is 0 Å². The van der Waals surface area contributed by atoms with Gasteiger partial charge in [0.2, 0.25) is 5.13 Å². The van der Waals surface area contributed by atoms with Crippen LogP contribution in [-0.4, -0.2) is 31.2 Å². The number of hydrogen-bond donors (Lipinski definition) is 2. The number of carbonyl (C=O) groups excluding carboxylic acids is 1. The van der Waals surface area contributed by atoms with E-state index in [4.69, 9.17) is 0 Å². The lowest BCUT2D eigenvalue weighted by molar-refractivity contribution is 0.262. The maximum Gasteiger partial charge on any atom is 0.325 e. The minimum absolute atomic E-state index is 0.331. The lowest BCUT2D eigenvalue weighted by atomic mass is 10.1. The highest BCUT2D eigenvalue weighted by Crippen LogP contribution is 2.40. The largest absolute Gasteiger partial charge is 0.325 e. The molecule has 12 heteroatoms. The normalized spacial score (nSPS) is 10.9. The quantitative estimate of drug-likeness (QED) is 0.251. The number of nitrogens with zero attached hydrogens (tertiary/aromatic N) is 5. The standard InChI is InChI=1S/C20H12FN7OS3/c21-12-1-3-13(4-2-12)25-18(29)26-19-27-28-20(32-19)31-17-15-14(11-5-7-22-8-6-11)9-30-16(15)23-10-24-17/h1-10H,(H2,25,26,27,29). The number of hydrogen-bond acceptors (Lipinski definition) is 9. The van der Waals surface area contributed by atoms with Crippen LogP contribution < -0.4 is 10.6 Å². The van der Waals surface area contributed by atoms with Crippen molar-refractivity contribution >= 4 is 61.5 Å². The minimum Gasteiger partial charge on any atom is -0.308 e. The number of halogens is 1. The van der Waals surface area contributed by atoms with Crippen LogP contribution in [0.3, 0.4) is 0 Å². The van der Waals surface area contributed by atoms with Crippen LogP contribution in [0.2, 0.25) is 0 Å². The Morgan fingerprint density at radius 1 is 1.00 bits per heavy atom. The van der Waals surface area contributed by atoms with Crippen LogP contribution in [0.5, 0.6) is 0 Å². The molecule has 5 aromatic rings. The molecule has 0 atom stereocenters. The Hall–Kier alpha value is -3.48. The van der Waals surface area contributed by atoms with Crippen LogP contribution in [0.25, 0.3) is 21.3 Å². The number of thiophene rings is 1. The van der Waals surface area contributed by atoms with Gasteiger partial charge in [0, 0.05) is 29.0 Å². The van der Waals surface area contributed by atoms with E-state index in [-0.39, 0.29) is 5.82 Å². The topological polar surface area (TPSA) is 106 Å². The van der Waals surface area contributed by atoms with E-state index in [0.29, 0.717) is 15.2 Å². The number of pyridine rings is 1. The average Bonchev–Trinajstić information content (AvgIpc) is 3.43. The lowest BCUT2D eigenvalue weighted by Gasteiger charge is -2.04. The summed E-state index contributed by atoms with van der Waals surface area (Å²) in [4.78, 5) is 25.9. The van der Waals surface area contributed by atoms with Gasteiger partial charge in [-0.25, -0.2) is 19.2 Å². The van der Waals surface area contributed by atoms with Crippen molar-refractivity contribution in [1.29, 1.82) is 0 Å². The van der Waals surface area contributed by atoms with Crippen molar-refractivity contribution in [3.05, 3.63) is 66.3 Å². The third-order valence-corrected chi connectivity index (χ3v) is 7.02. The summed E-state index contributed by atoms with van der Waals surface area (Å²) in [5.74, 6) is -0.377. The maximum absolute atomic E-state index is 13.0. The van der Waals surface area contributed by atoms with Crippen molar-refractivity contribution in [2.75, 3.05) is 10.6 Å². The summed E-state index contributed by atoms with van der Waals surface area (Å²) >= 11 is 4.12. The number of urea groups is 1. The van der Waals surface area contributed by atoms with Gasteiger partial charge in [-0.05, 0) is 53.7 Å². The SMILES string of the molecule is O=C(Nc1ccc(F)cc1)Nc1nnc(Sc2ncnc3scc(-c4ccncc4)c23)s1. The molecule has 2 N–H and O–H groups in total. The summed E-state index contributed by atoms with van der Waals surface area (Å²) in [6.07, 6.45) is 5.01. The van der Waals surface area contributed by atoms with Gasteiger partial charge in [-0.1, -0.05) is 11.3 Å². The summed E-state index contributed by atoms with van der Waals surface area (Å²) in [7, 11) is 0. The van der Waals surface area contributed by atoms with E-state index >= 15 is 0 Å². The third kappa shape index (κ3) is 4.42. The van der Waals surface area contributed by atoms with Crippen LogP contribution in [0.15, 0.2) is 69.9 Å². The zero-order valence-corrected chi connectivity index (χ0v) is 18.5. The molecule has 4 aromatic heterocycles. The molecule has 0 bridgehead atoms. The van der Waals surface area contributed by atoms with Gasteiger partial charge in [-0.3, -0.25) is 10.3 Å². The zero-order valence-electron chi connectivity index (χ0n) is 16.0. The summed E-state index contributed by atoms with van der Waals surface area (Å²) in [5.41, 5.74) is 2.52. The number of benzene rings is 1. The summed E-state index contributed by atoms with van der Waals surface area (Å²) in [6, 6.07) is 8.86. The Morgan fingerprint density at radius 2 is 1.81 bits per heavy atom. The molecule has 2 amide bonds. The monoisotopic (exact) mass is 481 g/mol. The van der Waals surface area contributed by atoms with Gasteiger partial charge < -0.3 is 5.32 Å². The molecule has 8 nitrogen and oxygen atoms in total. The fourth-order valence-corrected chi connectivity index (χ4v) is 5.59. The van der Waals surface area contributed by atoms with E-state index in [9.17, 15) is 9.18 Å². The van der Waals surface area contributed by atoms with E-state index in [1.807, 2.05) is 17.5 Å².